The predicted octanol–water partition coefficient (Wildman–Crippen LogP) is 4.53. The molecule has 1 saturated heterocycles. The van der Waals surface area contributed by atoms with Crippen molar-refractivity contribution in [3.63, 3.8) is 0 Å². The molecule has 0 spiro atoms. The average Bonchev–Trinajstić information content (AvgIpc) is 2.96. The summed E-state index contributed by atoms with van der Waals surface area (Å²) in [6, 6.07) is 8.27. The molecule has 0 bridgehead atoms. The van der Waals surface area contributed by atoms with Crippen LogP contribution < -0.4 is 0 Å². The number of hydroxylamine groups is 2. The Morgan fingerprint density at radius 1 is 1.00 bits per heavy atom. The monoisotopic (exact) mass is 368 g/mol. The van der Waals surface area contributed by atoms with Gasteiger partial charge in [-0.2, -0.15) is 0 Å². The van der Waals surface area contributed by atoms with E-state index in [4.69, 9.17) is 10.2 Å². The molecule has 144 valence electrons. The molecule has 1 N–H and O–H groups in total. The summed E-state index contributed by atoms with van der Waals surface area (Å²) >= 11 is 0. The topological polar surface area (TPSA) is 70.5 Å². The van der Waals surface area contributed by atoms with Gasteiger partial charge in [0.1, 0.15) is 0 Å². The fraction of sp³-hybridized carbons (Fsp3) is 0.500. The van der Waals surface area contributed by atoms with Gasteiger partial charge in [0.2, 0.25) is 5.90 Å². The lowest BCUT2D eigenvalue weighted by Gasteiger charge is -2.14. The molecule has 1 fully saturated rings. The third-order valence-corrected chi connectivity index (χ3v) is 4.45. The van der Waals surface area contributed by atoms with Crippen molar-refractivity contribution in [2.45, 2.75) is 71.1 Å². The summed E-state index contributed by atoms with van der Waals surface area (Å²) in [4.78, 5) is 27.9. The first kappa shape index (κ1) is 20.7. The lowest BCUT2D eigenvalue weighted by Crippen LogP contribution is -2.31. The zero-order valence-corrected chi connectivity index (χ0v) is 16.1. The second-order valence-corrected chi connectivity index (χ2v) is 6.89. The zero-order chi connectivity index (χ0) is 19.5. The number of amides is 2. The highest BCUT2D eigenvalue weighted by Crippen LogP contribution is 2.14. The van der Waals surface area contributed by atoms with Gasteiger partial charge < -0.3 is 4.84 Å². The van der Waals surface area contributed by atoms with Gasteiger partial charge in [0.15, 0.2) is 0 Å². The number of carbonyl (C=O) groups excluding carboxylic acids is 2. The van der Waals surface area contributed by atoms with Gasteiger partial charge in [-0.1, -0.05) is 55.2 Å². The molecule has 2 rings (SSSR count). The Balaban J connectivity index is 1.46. The van der Waals surface area contributed by atoms with Crippen molar-refractivity contribution >= 4 is 17.7 Å². The molecule has 27 heavy (non-hydrogen) atoms. The Hall–Kier alpha value is -2.61. The molecule has 5 nitrogen and oxygen atoms in total. The number of nitrogens with zero attached hydrogens (tertiary/aromatic N) is 1. The van der Waals surface area contributed by atoms with E-state index in [1.54, 1.807) is 0 Å². The molecule has 5 heteroatoms. The summed E-state index contributed by atoms with van der Waals surface area (Å²) in [5.74, 6) is 5.70. The SMILES string of the molecule is Cc1ccc(C#CCCCCCCCCC(=N)ON2C(=O)CCC2=O)cc1. The normalized spacial score (nSPS) is 13.4. The molecule has 1 aliphatic rings. The van der Waals surface area contributed by atoms with Crippen LogP contribution in [0.1, 0.15) is 75.3 Å². The molecule has 2 amide bonds. The maximum atomic E-state index is 11.4. The quantitative estimate of drug-likeness (QED) is 0.229. The molecule has 0 aromatic heterocycles. The first-order chi connectivity index (χ1) is 13.1. The van der Waals surface area contributed by atoms with Gasteiger partial charge in [-0.3, -0.25) is 15.0 Å². The van der Waals surface area contributed by atoms with Crippen LogP contribution in [0.2, 0.25) is 0 Å². The molecule has 1 heterocycles. The summed E-state index contributed by atoms with van der Waals surface area (Å²) in [5, 5.41) is 8.46. The van der Waals surface area contributed by atoms with E-state index in [-0.39, 0.29) is 30.6 Å². The molecule has 1 aromatic carbocycles. The molecule has 0 saturated carbocycles. The van der Waals surface area contributed by atoms with Gasteiger partial charge in [-0.15, -0.1) is 5.06 Å². The van der Waals surface area contributed by atoms with Crippen molar-refractivity contribution in [1.29, 1.82) is 5.41 Å². The summed E-state index contributed by atoms with van der Waals surface area (Å²) in [6.07, 6.45) is 8.13. The van der Waals surface area contributed by atoms with Gasteiger partial charge in [0.25, 0.3) is 11.8 Å². The molecule has 0 radical (unpaired) electrons. The number of rotatable bonds is 9. The third kappa shape index (κ3) is 7.65. The van der Waals surface area contributed by atoms with E-state index < -0.39 is 0 Å². The van der Waals surface area contributed by atoms with Crippen LogP contribution in [0.3, 0.4) is 0 Å². The Bertz CT molecular complexity index is 697. The Kier molecular flexibility index (Phi) is 8.57. The smallest absolute Gasteiger partial charge is 0.263 e. The van der Waals surface area contributed by atoms with Crippen LogP contribution in [0.4, 0.5) is 0 Å². The van der Waals surface area contributed by atoms with Crippen LogP contribution >= 0.6 is 0 Å². The van der Waals surface area contributed by atoms with E-state index in [0.29, 0.717) is 6.42 Å². The highest BCUT2D eigenvalue weighted by Gasteiger charge is 2.31. The van der Waals surface area contributed by atoms with Crippen molar-refractivity contribution in [3.05, 3.63) is 35.4 Å². The number of imide groups is 1. The second kappa shape index (κ2) is 11.2. The average molecular weight is 368 g/mol. The summed E-state index contributed by atoms with van der Waals surface area (Å²) in [5.41, 5.74) is 2.32. The van der Waals surface area contributed by atoms with Crippen LogP contribution in [0.5, 0.6) is 0 Å². The van der Waals surface area contributed by atoms with Crippen LogP contribution in [-0.4, -0.2) is 22.8 Å². The molecule has 0 atom stereocenters. The minimum atomic E-state index is -0.352. The molecule has 1 aliphatic heterocycles. The van der Waals surface area contributed by atoms with Gasteiger partial charge >= 0.3 is 0 Å². The first-order valence-electron chi connectivity index (χ1n) is 9.73. The van der Waals surface area contributed by atoms with E-state index in [0.717, 1.165) is 55.6 Å². The molecular weight excluding hydrogens is 340 g/mol. The molecule has 0 aliphatic carbocycles. The number of carbonyl (C=O) groups is 2. The van der Waals surface area contributed by atoms with E-state index in [1.165, 1.54) is 5.56 Å². The number of hydrogen-bond acceptors (Lipinski definition) is 4. The van der Waals surface area contributed by atoms with E-state index in [1.807, 2.05) is 0 Å². The number of nitrogens with one attached hydrogen (secondary N) is 1. The fourth-order valence-electron chi connectivity index (χ4n) is 2.82. The van der Waals surface area contributed by atoms with Gasteiger partial charge in [-0.05, 0) is 31.9 Å². The first-order valence-corrected chi connectivity index (χ1v) is 9.73. The van der Waals surface area contributed by atoms with Crippen LogP contribution in [-0.2, 0) is 14.4 Å². The summed E-state index contributed by atoms with van der Waals surface area (Å²) in [6.45, 7) is 2.07. The van der Waals surface area contributed by atoms with Crippen molar-refractivity contribution in [3.8, 4) is 11.8 Å². The number of aryl methyl sites for hydroxylation is 1. The number of benzene rings is 1. The van der Waals surface area contributed by atoms with Gasteiger partial charge in [0.05, 0.1) is 0 Å². The van der Waals surface area contributed by atoms with Crippen LogP contribution in [0.25, 0.3) is 0 Å². The Labute approximate surface area is 161 Å². The maximum absolute atomic E-state index is 11.4. The van der Waals surface area contributed by atoms with Crippen molar-refractivity contribution in [2.75, 3.05) is 0 Å². The highest BCUT2D eigenvalue weighted by atomic mass is 16.7. The fourth-order valence-corrected chi connectivity index (χ4v) is 2.82. The standard InChI is InChI=1S/C22H28N2O3/c1-18-12-14-19(15-13-18)10-8-6-4-2-3-5-7-9-11-20(23)27-24-21(25)16-17-22(24)26/h12-15,23H,2-7,9,11,16-17H2,1H3. The molecule has 0 unspecified atom stereocenters. The van der Waals surface area contributed by atoms with Crippen LogP contribution in [0.15, 0.2) is 24.3 Å². The summed E-state index contributed by atoms with van der Waals surface area (Å²) < 4.78 is 0. The largest absolute Gasteiger partial charge is 0.354 e. The third-order valence-electron chi connectivity index (χ3n) is 4.45. The predicted molar refractivity (Wildman–Crippen MR) is 105 cm³/mol. The van der Waals surface area contributed by atoms with Gasteiger partial charge in [0, 0.05) is 31.2 Å². The van der Waals surface area contributed by atoms with E-state index >= 15 is 0 Å². The minimum absolute atomic E-state index is 0.00928. The van der Waals surface area contributed by atoms with Crippen molar-refractivity contribution in [2.24, 2.45) is 0 Å². The molecule has 1 aromatic rings. The van der Waals surface area contributed by atoms with Crippen molar-refractivity contribution in [1.82, 2.24) is 5.06 Å². The number of unbranched alkanes of at least 4 members (excludes halogenated alkanes) is 6. The minimum Gasteiger partial charge on any atom is -0.354 e. The second-order valence-electron chi connectivity index (χ2n) is 6.89. The summed E-state index contributed by atoms with van der Waals surface area (Å²) in [7, 11) is 0. The van der Waals surface area contributed by atoms with E-state index in [9.17, 15) is 9.59 Å². The van der Waals surface area contributed by atoms with Crippen molar-refractivity contribution < 1.29 is 14.4 Å². The van der Waals surface area contributed by atoms with Crippen LogP contribution in [0, 0.1) is 24.2 Å². The molecular formula is C22H28N2O3. The van der Waals surface area contributed by atoms with E-state index in [2.05, 4.69) is 43.0 Å². The Morgan fingerprint density at radius 3 is 2.26 bits per heavy atom. The van der Waals surface area contributed by atoms with Gasteiger partial charge in [-0.25, -0.2) is 0 Å². The zero-order valence-electron chi connectivity index (χ0n) is 16.1. The lowest BCUT2D eigenvalue weighted by molar-refractivity contribution is -0.167. The highest BCUT2D eigenvalue weighted by molar-refractivity contribution is 6.01. The maximum Gasteiger partial charge on any atom is 0.263 e. The Morgan fingerprint density at radius 2 is 1.59 bits per heavy atom. The number of hydrogen-bond donors (Lipinski definition) is 1. The lowest BCUT2D eigenvalue weighted by atomic mass is 10.1.